The average molecular weight is 805 g/mol. The van der Waals surface area contributed by atoms with Gasteiger partial charge in [0.2, 0.25) is 0 Å². The maximum Gasteiger partial charge on any atom is 0.198 e. The molecular formula is C55H41BN2S2. The first-order chi connectivity index (χ1) is 29.1. The van der Waals surface area contributed by atoms with Crippen LogP contribution in [-0.2, 0) is 10.8 Å². The van der Waals surface area contributed by atoms with Crippen molar-refractivity contribution in [3.05, 3.63) is 162 Å². The molecule has 0 atom stereocenters. The van der Waals surface area contributed by atoms with Crippen LogP contribution < -0.4 is 16.2 Å². The van der Waals surface area contributed by atoms with E-state index in [1.54, 1.807) is 0 Å². The van der Waals surface area contributed by atoms with Crippen molar-refractivity contribution in [1.82, 2.24) is 4.57 Å². The van der Waals surface area contributed by atoms with Gasteiger partial charge in [-0.25, -0.2) is 0 Å². The summed E-state index contributed by atoms with van der Waals surface area (Å²) >= 11 is 3.82. The summed E-state index contributed by atoms with van der Waals surface area (Å²) in [4.78, 5) is 0. The first-order valence-electron chi connectivity index (χ1n) is 21.1. The van der Waals surface area contributed by atoms with Gasteiger partial charge in [-0.05, 0) is 104 Å². The molecule has 1 aliphatic heterocycles. The van der Waals surface area contributed by atoms with E-state index >= 15 is 0 Å². The standard InChI is InChI=1S/C55H41BN2S2/c1-54(2,3)30-18-20-31(21-19-30)57-45-27-43-37(32-12-6-9-15-42(32)55(43,4)5)24-38(45)35-22-23-36-39-25-40-33-13-7-10-16-48(33)59-50(40)28-46(39)58-47-29-51-41(26-44(47)56-52(35)53(36)58)34-14-8-11-17-49(34)60-51/h6-29,56-57H,1-5H3. The minimum atomic E-state index is -0.119. The Morgan fingerprint density at radius 1 is 0.533 bits per heavy atom. The molecule has 2 aliphatic rings. The Morgan fingerprint density at radius 3 is 1.97 bits per heavy atom. The zero-order valence-corrected chi connectivity index (χ0v) is 36.0. The maximum atomic E-state index is 3.99. The van der Waals surface area contributed by atoms with E-state index in [2.05, 4.69) is 190 Å². The SMILES string of the molecule is CC(C)(C)c1ccc(Nc2cc3c(cc2-c2ccc4c5cc6c(cc5n5c4c2Bc2cc4c(cc2-5)sc2ccccc24)sc2ccccc26)-c2ccccc2C3(C)C)cc1. The van der Waals surface area contributed by atoms with E-state index in [4.69, 9.17) is 0 Å². The second-order valence-electron chi connectivity index (χ2n) is 18.6. The summed E-state index contributed by atoms with van der Waals surface area (Å²) in [6.45, 7) is 11.6. The first kappa shape index (κ1) is 34.7. The van der Waals surface area contributed by atoms with E-state index in [0.717, 1.165) is 18.7 Å². The van der Waals surface area contributed by atoms with Gasteiger partial charge in [-0.1, -0.05) is 131 Å². The minimum absolute atomic E-state index is 0.0863. The van der Waals surface area contributed by atoms with Crippen molar-refractivity contribution in [1.29, 1.82) is 0 Å². The van der Waals surface area contributed by atoms with Crippen molar-refractivity contribution in [2.75, 3.05) is 5.32 Å². The number of rotatable bonds is 3. The van der Waals surface area contributed by atoms with Crippen LogP contribution in [0.25, 0.3) is 90.1 Å². The molecule has 3 aromatic heterocycles. The van der Waals surface area contributed by atoms with Gasteiger partial charge >= 0.3 is 0 Å². The van der Waals surface area contributed by atoms with Gasteiger partial charge in [0.05, 0.1) is 5.52 Å². The molecule has 5 heteroatoms. The Hall–Kier alpha value is -6.14. The van der Waals surface area contributed by atoms with Crippen LogP contribution in [0.4, 0.5) is 11.4 Å². The third-order valence-electron chi connectivity index (χ3n) is 13.8. The van der Waals surface area contributed by atoms with Crippen molar-refractivity contribution in [2.45, 2.75) is 45.4 Å². The van der Waals surface area contributed by atoms with Gasteiger partial charge in [0.25, 0.3) is 0 Å². The lowest BCUT2D eigenvalue weighted by molar-refractivity contribution is 0.590. The highest BCUT2D eigenvalue weighted by Gasteiger charge is 2.37. The smallest absolute Gasteiger partial charge is 0.198 e. The number of aromatic nitrogens is 1. The second kappa shape index (κ2) is 12.0. The molecule has 1 N–H and O–H groups in total. The molecule has 11 aromatic rings. The Morgan fingerprint density at radius 2 is 1.22 bits per heavy atom. The monoisotopic (exact) mass is 804 g/mol. The molecular weight excluding hydrogens is 764 g/mol. The highest BCUT2D eigenvalue weighted by Crippen LogP contribution is 2.52. The Balaban J connectivity index is 1.11. The number of hydrogen-bond acceptors (Lipinski definition) is 3. The van der Waals surface area contributed by atoms with Crippen LogP contribution in [-0.4, -0.2) is 11.8 Å². The third kappa shape index (κ3) is 4.76. The maximum absolute atomic E-state index is 3.99. The van der Waals surface area contributed by atoms with Crippen molar-refractivity contribution < 1.29 is 0 Å². The van der Waals surface area contributed by atoms with Gasteiger partial charge in [0.15, 0.2) is 7.28 Å². The average Bonchev–Trinajstić information content (AvgIpc) is 3.96. The predicted octanol–water partition coefficient (Wildman–Crippen LogP) is 14.2. The Labute approximate surface area is 358 Å². The molecule has 60 heavy (non-hydrogen) atoms. The van der Waals surface area contributed by atoms with Crippen LogP contribution in [0.3, 0.4) is 0 Å². The highest BCUT2D eigenvalue weighted by molar-refractivity contribution is 7.26. The van der Waals surface area contributed by atoms with E-state index in [1.165, 1.54) is 118 Å². The van der Waals surface area contributed by atoms with Crippen LogP contribution >= 0.6 is 22.7 Å². The summed E-state index contributed by atoms with van der Waals surface area (Å²) in [6.07, 6.45) is 0. The number of benzene rings is 8. The minimum Gasteiger partial charge on any atom is -0.355 e. The summed E-state index contributed by atoms with van der Waals surface area (Å²) in [5.74, 6) is 0. The third-order valence-corrected chi connectivity index (χ3v) is 16.0. The first-order valence-corrected chi connectivity index (χ1v) is 22.8. The number of thiophene rings is 2. The van der Waals surface area contributed by atoms with Gasteiger partial charge < -0.3 is 9.88 Å². The number of nitrogens with zero attached hydrogens (tertiary/aromatic N) is 1. The van der Waals surface area contributed by atoms with Gasteiger partial charge in [-0.2, -0.15) is 0 Å². The number of fused-ring (bicyclic) bond motifs is 14. The normalized spacial score (nSPS) is 14.0. The molecule has 0 fully saturated rings. The summed E-state index contributed by atoms with van der Waals surface area (Å²) in [7, 11) is 0.856. The van der Waals surface area contributed by atoms with Gasteiger partial charge in [-0.3, -0.25) is 0 Å². The molecule has 0 saturated heterocycles. The number of anilines is 2. The van der Waals surface area contributed by atoms with E-state index in [0.29, 0.717) is 0 Å². The molecule has 0 amide bonds. The predicted molar refractivity (Wildman–Crippen MR) is 264 cm³/mol. The molecule has 0 spiro atoms. The zero-order chi connectivity index (χ0) is 40.2. The lowest BCUT2D eigenvalue weighted by Gasteiger charge is -2.26. The Bertz CT molecular complexity index is 3670. The fraction of sp³-hybridized carbons (Fsp3) is 0.127. The van der Waals surface area contributed by atoms with Gasteiger partial charge in [0.1, 0.15) is 0 Å². The van der Waals surface area contributed by atoms with Crippen molar-refractivity contribution in [3.8, 4) is 27.9 Å². The van der Waals surface area contributed by atoms with Gasteiger partial charge in [-0.15, -0.1) is 22.7 Å². The van der Waals surface area contributed by atoms with E-state index in [-0.39, 0.29) is 10.8 Å². The van der Waals surface area contributed by atoms with Crippen molar-refractivity contribution >= 4 is 114 Å². The molecule has 0 unspecified atom stereocenters. The van der Waals surface area contributed by atoms with Crippen LogP contribution in [0.5, 0.6) is 0 Å². The van der Waals surface area contributed by atoms with E-state index in [1.807, 2.05) is 22.7 Å². The fourth-order valence-electron chi connectivity index (χ4n) is 10.7. The van der Waals surface area contributed by atoms with Crippen LogP contribution in [0, 0.1) is 0 Å². The molecule has 1 aliphatic carbocycles. The summed E-state index contributed by atoms with van der Waals surface area (Å²) in [5, 5.41) is 12.0. The molecule has 0 saturated carbocycles. The molecule has 8 aromatic carbocycles. The molecule has 0 bridgehead atoms. The lowest BCUT2D eigenvalue weighted by atomic mass is 9.59. The number of hydrogen-bond donors (Lipinski definition) is 1. The van der Waals surface area contributed by atoms with Gasteiger partial charge in [0, 0.05) is 79.3 Å². The highest BCUT2D eigenvalue weighted by atomic mass is 32.1. The van der Waals surface area contributed by atoms with Crippen LogP contribution in [0.1, 0.15) is 51.3 Å². The van der Waals surface area contributed by atoms with Crippen LogP contribution in [0.15, 0.2) is 146 Å². The second-order valence-corrected chi connectivity index (χ2v) is 20.8. The topological polar surface area (TPSA) is 17.0 Å². The zero-order valence-electron chi connectivity index (χ0n) is 34.3. The summed E-state index contributed by atoms with van der Waals surface area (Å²) in [6, 6.07) is 55.7. The lowest BCUT2D eigenvalue weighted by Crippen LogP contribution is -2.37. The molecule has 2 nitrogen and oxygen atoms in total. The quantitative estimate of drug-likeness (QED) is 0.176. The fourth-order valence-corrected chi connectivity index (χ4v) is 12.9. The summed E-state index contributed by atoms with van der Waals surface area (Å²) in [5.41, 5.74) is 18.2. The van der Waals surface area contributed by atoms with E-state index in [9.17, 15) is 0 Å². The van der Waals surface area contributed by atoms with Crippen molar-refractivity contribution in [2.24, 2.45) is 0 Å². The van der Waals surface area contributed by atoms with Crippen molar-refractivity contribution in [3.63, 3.8) is 0 Å². The molecule has 286 valence electrons. The largest absolute Gasteiger partial charge is 0.355 e. The Kier molecular flexibility index (Phi) is 6.94. The summed E-state index contributed by atoms with van der Waals surface area (Å²) < 4.78 is 7.99. The van der Waals surface area contributed by atoms with Crippen LogP contribution in [0.2, 0.25) is 0 Å². The molecule has 0 radical (unpaired) electrons. The number of nitrogens with one attached hydrogen (secondary N) is 1. The van der Waals surface area contributed by atoms with E-state index < -0.39 is 0 Å². The molecule has 13 rings (SSSR count). The molecule has 4 heterocycles.